The molecule has 185 valence electrons. The van der Waals surface area contributed by atoms with Crippen molar-refractivity contribution in [3.63, 3.8) is 0 Å². The van der Waals surface area contributed by atoms with Gasteiger partial charge in [-0.2, -0.15) is 11.1 Å². The molecule has 1 N–H and O–H groups in total. The number of nitrogens with one attached hydrogen (secondary N) is 1. The van der Waals surface area contributed by atoms with Crippen LogP contribution in [0.15, 0.2) is 77.4 Å². The van der Waals surface area contributed by atoms with Gasteiger partial charge in [-0.1, -0.05) is 145 Å². The van der Waals surface area contributed by atoms with Gasteiger partial charge < -0.3 is 5.73 Å². The second kappa shape index (κ2) is 20.2. The van der Waals surface area contributed by atoms with E-state index in [0.717, 1.165) is 22.4 Å². The van der Waals surface area contributed by atoms with Crippen LogP contribution in [-0.4, -0.2) is 15.6 Å². The molecule has 4 rings (SSSR count). The van der Waals surface area contributed by atoms with Crippen LogP contribution in [0.1, 0.15) is 72.6 Å². The third-order valence-corrected chi connectivity index (χ3v) is 6.22. The fraction of sp³-hybridized carbons (Fsp3) is 0.484. The van der Waals surface area contributed by atoms with Gasteiger partial charge >= 0.3 is 0 Å². The maximum atomic E-state index is 7.51. The molecule has 0 aromatic heterocycles. The first-order valence-electron chi connectivity index (χ1n) is 12.7. The maximum Gasteiger partial charge on any atom is 0.0213 e. The monoisotopic (exact) mass is 640 g/mol. The summed E-state index contributed by atoms with van der Waals surface area (Å²) in [5.74, 6) is 0.560. The van der Waals surface area contributed by atoms with Gasteiger partial charge in [0.1, 0.15) is 0 Å². The van der Waals surface area contributed by atoms with Crippen molar-refractivity contribution in [1.82, 2.24) is 0 Å². The first-order valence-corrected chi connectivity index (χ1v) is 15.0. The Hall–Kier alpha value is -1.03. The largest absolute Gasteiger partial charge is 0.675 e. The summed E-state index contributed by atoms with van der Waals surface area (Å²) in [5, 5.41) is 0. The van der Waals surface area contributed by atoms with Crippen LogP contribution >= 0.6 is 0 Å². The number of benzene rings is 2. The molecule has 0 spiro atoms. The van der Waals surface area contributed by atoms with Crippen molar-refractivity contribution in [2.45, 2.75) is 91.8 Å². The fourth-order valence-electron chi connectivity index (χ4n) is 3.88. The van der Waals surface area contributed by atoms with E-state index in [1.165, 1.54) is 60.0 Å². The standard InChI is InChI=1S/C12H10.C9H13.C8H16N.C2H7Si.Hf/c1-3-7-11(8-4-1)12-9-5-2-6-10-12;1-6-5-7(2)9(4)8(6)3;9-8-6-4-2-1-3-5-7-8;1-3-2;/h1-10H;6H,1-4H3;8-9H,1-7H2;3H,1-2H3;/q;2*-1;;. The molecule has 3 heteroatoms. The van der Waals surface area contributed by atoms with Gasteiger partial charge in [-0.3, -0.25) is 6.08 Å². The van der Waals surface area contributed by atoms with Crippen LogP contribution in [0.3, 0.4) is 0 Å². The van der Waals surface area contributed by atoms with Crippen molar-refractivity contribution in [3.8, 4) is 11.1 Å². The molecular formula is C31H46HfNSi-2. The summed E-state index contributed by atoms with van der Waals surface area (Å²) in [4.78, 5) is 0. The summed E-state index contributed by atoms with van der Waals surface area (Å²) < 4.78 is 0. The first-order chi connectivity index (χ1) is 15.9. The molecule has 0 aliphatic heterocycles. The van der Waals surface area contributed by atoms with Crippen LogP contribution in [0.25, 0.3) is 16.9 Å². The van der Waals surface area contributed by atoms with Crippen molar-refractivity contribution < 1.29 is 25.8 Å². The molecular weight excluding hydrogens is 593 g/mol. The molecule has 2 aliphatic carbocycles. The summed E-state index contributed by atoms with van der Waals surface area (Å²) >= 11 is 0. The Morgan fingerprint density at radius 2 is 1.12 bits per heavy atom. The Morgan fingerprint density at radius 1 is 0.735 bits per heavy atom. The molecule has 1 radical (unpaired) electrons. The molecule has 0 saturated heterocycles. The Kier molecular flexibility index (Phi) is 19.6. The third kappa shape index (κ3) is 13.8. The van der Waals surface area contributed by atoms with Crippen molar-refractivity contribution in [1.29, 1.82) is 0 Å². The Bertz CT molecular complexity index is 768. The Labute approximate surface area is 232 Å². The third-order valence-electron chi connectivity index (χ3n) is 6.22. The average molecular weight is 639 g/mol. The number of allylic oxidation sites excluding steroid dienone is 4. The molecule has 2 aromatic carbocycles. The van der Waals surface area contributed by atoms with Crippen LogP contribution < -0.4 is 0 Å². The van der Waals surface area contributed by atoms with Crippen molar-refractivity contribution in [2.75, 3.05) is 0 Å². The SMILES string of the molecule is CC1=[C-]C(C)C(C)=C1C.C[SiH]C.[Hf].[NH-]C1CCCCCCC1.c1ccc(-c2ccccc2)cc1. The second-order valence-corrected chi connectivity index (χ2v) is 10.3. The van der Waals surface area contributed by atoms with Crippen LogP contribution in [0.4, 0.5) is 0 Å². The zero-order valence-electron chi connectivity index (χ0n) is 22.5. The second-order valence-electron chi connectivity index (χ2n) is 9.15. The van der Waals surface area contributed by atoms with E-state index < -0.39 is 0 Å². The average Bonchev–Trinajstić information content (AvgIpc) is 3.04. The van der Waals surface area contributed by atoms with Crippen molar-refractivity contribution >= 4 is 9.52 Å². The minimum atomic E-state index is 0. The van der Waals surface area contributed by atoms with E-state index >= 15 is 0 Å². The fourth-order valence-corrected chi connectivity index (χ4v) is 3.88. The summed E-state index contributed by atoms with van der Waals surface area (Å²) in [7, 11) is 0.750. The number of hydrogen-bond donors (Lipinski definition) is 0. The molecule has 0 heterocycles. The van der Waals surface area contributed by atoms with E-state index in [0.29, 0.717) is 5.92 Å². The molecule has 1 atom stereocenters. The molecule has 0 amide bonds. The summed E-state index contributed by atoms with van der Waals surface area (Å²) in [6, 6.07) is 21.1. The number of rotatable bonds is 1. The van der Waals surface area contributed by atoms with Gasteiger partial charge in [0.2, 0.25) is 0 Å². The van der Waals surface area contributed by atoms with E-state index in [1.54, 1.807) is 0 Å². The minimum absolute atomic E-state index is 0. The predicted molar refractivity (Wildman–Crippen MR) is 151 cm³/mol. The van der Waals surface area contributed by atoms with Gasteiger partial charge in [0, 0.05) is 35.4 Å². The molecule has 1 fully saturated rings. The molecule has 2 aromatic rings. The van der Waals surface area contributed by atoms with E-state index in [4.69, 9.17) is 5.73 Å². The molecule has 1 unspecified atom stereocenters. The summed E-state index contributed by atoms with van der Waals surface area (Å²) in [6.45, 7) is 13.1. The summed E-state index contributed by atoms with van der Waals surface area (Å²) in [6.07, 6.45) is 12.4. The topological polar surface area (TPSA) is 23.8 Å². The van der Waals surface area contributed by atoms with E-state index in [-0.39, 0.29) is 31.9 Å². The van der Waals surface area contributed by atoms with Gasteiger partial charge in [-0.05, 0) is 11.1 Å². The molecule has 1 nitrogen and oxygen atoms in total. The normalized spacial score (nSPS) is 17.7. The van der Waals surface area contributed by atoms with Crippen LogP contribution in [-0.2, 0) is 25.8 Å². The minimum Gasteiger partial charge on any atom is -0.675 e. The number of hydrogen-bond acceptors (Lipinski definition) is 0. The van der Waals surface area contributed by atoms with Crippen LogP contribution in [0.2, 0.25) is 13.1 Å². The van der Waals surface area contributed by atoms with E-state index in [1.807, 2.05) is 12.1 Å². The predicted octanol–water partition coefficient (Wildman–Crippen LogP) is 9.74. The molecule has 1 saturated carbocycles. The first kappa shape index (κ1) is 33.0. The molecule has 0 bridgehead atoms. The van der Waals surface area contributed by atoms with E-state index in [2.05, 4.69) is 95.4 Å². The molecule has 2 aliphatic rings. The zero-order valence-corrected chi connectivity index (χ0v) is 27.2. The van der Waals surface area contributed by atoms with Gasteiger partial charge in [-0.25, -0.2) is 5.57 Å². The quantitative estimate of drug-likeness (QED) is 0.219. The molecule has 34 heavy (non-hydrogen) atoms. The van der Waals surface area contributed by atoms with Crippen LogP contribution in [0, 0.1) is 12.0 Å². The van der Waals surface area contributed by atoms with Crippen molar-refractivity contribution in [3.05, 3.63) is 89.2 Å². The Morgan fingerprint density at radius 3 is 1.41 bits per heavy atom. The van der Waals surface area contributed by atoms with Crippen molar-refractivity contribution in [2.24, 2.45) is 5.92 Å². The van der Waals surface area contributed by atoms with Gasteiger partial charge in [0.05, 0.1) is 0 Å². The van der Waals surface area contributed by atoms with Gasteiger partial charge in [-0.15, -0.1) is 13.0 Å². The smallest absolute Gasteiger partial charge is 0.0213 e. The van der Waals surface area contributed by atoms with Gasteiger partial charge in [0.25, 0.3) is 0 Å². The maximum absolute atomic E-state index is 7.51. The summed E-state index contributed by atoms with van der Waals surface area (Å²) in [5.41, 5.74) is 14.3. The van der Waals surface area contributed by atoms with E-state index in [9.17, 15) is 0 Å². The zero-order chi connectivity index (χ0) is 24.5. The van der Waals surface area contributed by atoms with Gasteiger partial charge in [0.15, 0.2) is 0 Å². The Balaban J connectivity index is 0.000000454. The van der Waals surface area contributed by atoms with Crippen LogP contribution in [0.5, 0.6) is 0 Å².